The van der Waals surface area contributed by atoms with Crippen molar-refractivity contribution in [2.75, 3.05) is 16.8 Å². The van der Waals surface area contributed by atoms with E-state index in [-0.39, 0.29) is 36.0 Å². The molecule has 3 rings (SSSR count). The number of aromatic hydroxyl groups is 1. The lowest BCUT2D eigenvalue weighted by molar-refractivity contribution is -0.122. The Morgan fingerprint density at radius 2 is 2.08 bits per heavy atom. The molecule has 2 N–H and O–H groups in total. The molecule has 0 bridgehead atoms. The van der Waals surface area contributed by atoms with Crippen LogP contribution in [0.25, 0.3) is 0 Å². The second-order valence-electron chi connectivity index (χ2n) is 6.01. The molecule has 25 heavy (non-hydrogen) atoms. The maximum absolute atomic E-state index is 14.1. The van der Waals surface area contributed by atoms with E-state index in [0.29, 0.717) is 5.02 Å². The zero-order valence-corrected chi connectivity index (χ0v) is 14.2. The Balaban J connectivity index is 1.75. The molecule has 0 radical (unpaired) electrons. The van der Waals surface area contributed by atoms with Crippen LogP contribution in [0.3, 0.4) is 0 Å². The summed E-state index contributed by atoms with van der Waals surface area (Å²) in [5.41, 5.74) is 1.08. The van der Waals surface area contributed by atoms with Crippen LogP contribution in [0, 0.1) is 18.7 Å². The van der Waals surface area contributed by atoms with E-state index in [0.717, 1.165) is 5.56 Å². The number of carbonyl (C=O) groups excluding carboxylic acids is 2. The van der Waals surface area contributed by atoms with E-state index in [1.165, 1.54) is 35.2 Å². The number of aryl methyl sites for hydroxylation is 1. The van der Waals surface area contributed by atoms with Crippen molar-refractivity contribution in [2.45, 2.75) is 13.3 Å². The van der Waals surface area contributed by atoms with Gasteiger partial charge in [0.2, 0.25) is 11.8 Å². The molecule has 1 saturated heterocycles. The van der Waals surface area contributed by atoms with Gasteiger partial charge in [0.15, 0.2) is 0 Å². The number of hydrogen-bond acceptors (Lipinski definition) is 3. The van der Waals surface area contributed by atoms with Gasteiger partial charge in [0.1, 0.15) is 11.6 Å². The largest absolute Gasteiger partial charge is 0.506 e. The maximum Gasteiger partial charge on any atom is 0.229 e. The third-order valence-electron chi connectivity index (χ3n) is 4.11. The third kappa shape index (κ3) is 3.58. The Hall–Kier alpha value is -2.60. The fourth-order valence-corrected chi connectivity index (χ4v) is 2.96. The average molecular weight is 363 g/mol. The van der Waals surface area contributed by atoms with Gasteiger partial charge in [-0.1, -0.05) is 17.7 Å². The van der Waals surface area contributed by atoms with E-state index in [1.54, 1.807) is 13.0 Å². The van der Waals surface area contributed by atoms with Gasteiger partial charge in [-0.2, -0.15) is 0 Å². The second-order valence-corrected chi connectivity index (χ2v) is 6.45. The normalized spacial score (nSPS) is 17.0. The van der Waals surface area contributed by atoms with Crippen LogP contribution in [0.1, 0.15) is 12.0 Å². The second kappa shape index (κ2) is 6.72. The standard InChI is InChI=1S/C18H16ClFN2O3/c1-10-2-4-15(13(20)6-10)22-9-11(7-17(22)24)18(25)21-14-8-12(19)3-5-16(14)23/h2-6,8,11,23H,7,9H2,1H3,(H,21,25). The number of anilines is 2. The van der Waals surface area contributed by atoms with E-state index in [9.17, 15) is 19.1 Å². The summed E-state index contributed by atoms with van der Waals surface area (Å²) in [6.45, 7) is 1.83. The van der Waals surface area contributed by atoms with Gasteiger partial charge in [-0.3, -0.25) is 9.59 Å². The van der Waals surface area contributed by atoms with Gasteiger partial charge in [0.25, 0.3) is 0 Å². The van der Waals surface area contributed by atoms with E-state index >= 15 is 0 Å². The zero-order chi connectivity index (χ0) is 18.1. The summed E-state index contributed by atoms with van der Waals surface area (Å²) < 4.78 is 14.1. The number of halogens is 2. The first-order valence-corrected chi connectivity index (χ1v) is 8.09. The molecule has 1 atom stereocenters. The van der Waals surface area contributed by atoms with Crippen molar-refractivity contribution < 1.29 is 19.1 Å². The molecule has 2 amide bonds. The number of amides is 2. The zero-order valence-electron chi connectivity index (χ0n) is 13.4. The van der Waals surface area contributed by atoms with Gasteiger partial charge >= 0.3 is 0 Å². The van der Waals surface area contributed by atoms with Crippen LogP contribution in [0.2, 0.25) is 5.02 Å². The summed E-state index contributed by atoms with van der Waals surface area (Å²) in [6.07, 6.45) is -0.0273. The minimum Gasteiger partial charge on any atom is -0.506 e. The van der Waals surface area contributed by atoms with Gasteiger partial charge in [0.05, 0.1) is 17.3 Å². The SMILES string of the molecule is Cc1ccc(N2CC(C(=O)Nc3cc(Cl)ccc3O)CC2=O)c(F)c1. The molecule has 0 spiro atoms. The molecule has 1 unspecified atom stereocenters. The van der Waals surface area contributed by atoms with Crippen molar-refractivity contribution in [3.63, 3.8) is 0 Å². The summed E-state index contributed by atoms with van der Waals surface area (Å²) in [6, 6.07) is 8.87. The minimum atomic E-state index is -0.647. The molecule has 0 aromatic heterocycles. The first kappa shape index (κ1) is 17.2. The van der Waals surface area contributed by atoms with E-state index < -0.39 is 17.6 Å². The number of phenolic OH excluding ortho intramolecular Hbond substituents is 1. The highest BCUT2D eigenvalue weighted by Gasteiger charge is 2.36. The average Bonchev–Trinajstić information content (AvgIpc) is 2.93. The van der Waals surface area contributed by atoms with E-state index in [1.807, 2.05) is 0 Å². The maximum atomic E-state index is 14.1. The predicted molar refractivity (Wildman–Crippen MR) is 93.3 cm³/mol. The first-order valence-electron chi connectivity index (χ1n) is 7.71. The van der Waals surface area contributed by atoms with Gasteiger partial charge in [-0.25, -0.2) is 4.39 Å². The van der Waals surface area contributed by atoms with Crippen LogP contribution in [-0.4, -0.2) is 23.5 Å². The fourth-order valence-electron chi connectivity index (χ4n) is 2.79. The van der Waals surface area contributed by atoms with Crippen LogP contribution in [0.4, 0.5) is 15.8 Å². The lowest BCUT2D eigenvalue weighted by Gasteiger charge is -2.18. The molecule has 2 aromatic carbocycles. The minimum absolute atomic E-state index is 0.0273. The topological polar surface area (TPSA) is 69.6 Å². The van der Waals surface area contributed by atoms with Crippen LogP contribution in [0.5, 0.6) is 5.75 Å². The lowest BCUT2D eigenvalue weighted by Crippen LogP contribution is -2.28. The Morgan fingerprint density at radius 1 is 1.32 bits per heavy atom. The van der Waals surface area contributed by atoms with Gasteiger partial charge < -0.3 is 15.3 Å². The Kier molecular flexibility index (Phi) is 4.63. The molecule has 7 heteroatoms. The van der Waals surface area contributed by atoms with Crippen molar-refractivity contribution in [1.29, 1.82) is 0 Å². The molecule has 0 saturated carbocycles. The van der Waals surface area contributed by atoms with Crippen LogP contribution in [0.15, 0.2) is 36.4 Å². The monoisotopic (exact) mass is 362 g/mol. The van der Waals surface area contributed by atoms with Crippen LogP contribution in [-0.2, 0) is 9.59 Å². The molecular formula is C18H16ClFN2O3. The molecule has 2 aromatic rings. The Bertz CT molecular complexity index is 856. The number of nitrogens with zero attached hydrogens (tertiary/aromatic N) is 1. The molecule has 1 heterocycles. The molecule has 1 fully saturated rings. The molecule has 0 aliphatic carbocycles. The fraction of sp³-hybridized carbons (Fsp3) is 0.222. The quantitative estimate of drug-likeness (QED) is 0.821. The van der Waals surface area contributed by atoms with Crippen LogP contribution >= 0.6 is 11.6 Å². The summed E-state index contributed by atoms with van der Waals surface area (Å²) >= 11 is 5.85. The van der Waals surface area contributed by atoms with Gasteiger partial charge in [-0.05, 0) is 42.8 Å². The lowest BCUT2D eigenvalue weighted by atomic mass is 10.1. The molecule has 1 aliphatic heterocycles. The van der Waals surface area contributed by atoms with Gasteiger partial charge in [-0.15, -0.1) is 0 Å². The van der Waals surface area contributed by atoms with Crippen molar-refractivity contribution in [3.8, 4) is 5.75 Å². The number of carbonyl (C=O) groups is 2. The molecular weight excluding hydrogens is 347 g/mol. The highest BCUT2D eigenvalue weighted by molar-refractivity contribution is 6.31. The highest BCUT2D eigenvalue weighted by atomic mass is 35.5. The Labute approximate surface area is 149 Å². The first-order chi connectivity index (χ1) is 11.8. The number of phenols is 1. The summed E-state index contributed by atoms with van der Waals surface area (Å²) in [4.78, 5) is 25.9. The van der Waals surface area contributed by atoms with Crippen molar-refractivity contribution >= 4 is 34.8 Å². The number of rotatable bonds is 3. The smallest absolute Gasteiger partial charge is 0.229 e. The van der Waals surface area contributed by atoms with Crippen LogP contribution < -0.4 is 10.2 Å². The third-order valence-corrected chi connectivity index (χ3v) is 4.34. The Morgan fingerprint density at radius 3 is 2.80 bits per heavy atom. The van der Waals surface area contributed by atoms with E-state index in [4.69, 9.17) is 11.6 Å². The number of hydrogen-bond donors (Lipinski definition) is 2. The molecule has 1 aliphatic rings. The van der Waals surface area contributed by atoms with E-state index in [2.05, 4.69) is 5.32 Å². The highest BCUT2D eigenvalue weighted by Crippen LogP contribution is 2.31. The predicted octanol–water partition coefficient (Wildman–Crippen LogP) is 3.48. The summed E-state index contributed by atoms with van der Waals surface area (Å²) in [7, 11) is 0. The summed E-state index contributed by atoms with van der Waals surface area (Å²) in [5, 5.41) is 12.7. The molecule has 5 nitrogen and oxygen atoms in total. The van der Waals surface area contributed by atoms with Gasteiger partial charge in [0, 0.05) is 18.0 Å². The summed E-state index contributed by atoms with van der Waals surface area (Å²) in [5.74, 6) is -2.02. The van der Waals surface area contributed by atoms with Crippen molar-refractivity contribution in [1.82, 2.24) is 0 Å². The number of benzene rings is 2. The number of nitrogens with one attached hydrogen (secondary N) is 1. The van der Waals surface area contributed by atoms with Crippen molar-refractivity contribution in [2.24, 2.45) is 5.92 Å². The molecule has 130 valence electrons. The van der Waals surface area contributed by atoms with Crippen molar-refractivity contribution in [3.05, 3.63) is 52.8 Å².